The maximum absolute atomic E-state index is 9.61. The zero-order chi connectivity index (χ0) is 24.6. The Kier molecular flexibility index (Phi) is 5.89. The summed E-state index contributed by atoms with van der Waals surface area (Å²) >= 11 is 0. The van der Waals surface area contributed by atoms with Crippen LogP contribution in [0.2, 0.25) is 0 Å². The maximum atomic E-state index is 9.61. The monoisotopic (exact) mass is 484 g/mol. The minimum atomic E-state index is -4.94. The SMILES string of the molecule is N#Cc1ccc2c(c1)C1c3cccc[n+]3C2CC1(c1ccccc1)c1ccccc1.[O-][Cl+3]([O-])([O-])[O-]. The fourth-order valence-corrected chi connectivity index (χ4v) is 5.86. The van der Waals surface area contributed by atoms with Gasteiger partial charge in [0.2, 0.25) is 0 Å². The molecular formula is C28H21ClN2O4. The summed E-state index contributed by atoms with van der Waals surface area (Å²) in [4.78, 5) is 0. The highest BCUT2D eigenvalue weighted by atomic mass is 35.7. The van der Waals surface area contributed by atoms with Crippen LogP contribution in [0, 0.1) is 21.6 Å². The quantitative estimate of drug-likeness (QED) is 0.384. The van der Waals surface area contributed by atoms with E-state index < -0.39 is 10.2 Å². The fraction of sp³-hybridized carbons (Fsp3) is 0.143. The zero-order valence-corrected chi connectivity index (χ0v) is 19.3. The summed E-state index contributed by atoms with van der Waals surface area (Å²) in [5.74, 6) is 0.150. The molecule has 0 fully saturated rings. The van der Waals surface area contributed by atoms with Crippen LogP contribution in [0.25, 0.3) is 0 Å². The third-order valence-corrected chi connectivity index (χ3v) is 7.03. The minimum Gasteiger partial charge on any atom is -0.222 e. The normalized spacial score (nSPS) is 18.9. The van der Waals surface area contributed by atoms with E-state index in [1.165, 1.54) is 27.9 Å². The largest absolute Gasteiger partial charge is 0.222 e. The zero-order valence-electron chi connectivity index (χ0n) is 18.6. The molecule has 0 saturated heterocycles. The summed E-state index contributed by atoms with van der Waals surface area (Å²) in [6, 6.07) is 37.3. The molecule has 7 heteroatoms. The van der Waals surface area contributed by atoms with Crippen molar-refractivity contribution in [1.29, 1.82) is 5.26 Å². The van der Waals surface area contributed by atoms with E-state index in [-0.39, 0.29) is 17.4 Å². The highest BCUT2D eigenvalue weighted by molar-refractivity contribution is 5.56. The molecule has 0 saturated carbocycles. The topological polar surface area (TPSA) is 120 Å². The van der Waals surface area contributed by atoms with Crippen molar-refractivity contribution in [2.24, 2.45) is 0 Å². The van der Waals surface area contributed by atoms with Crippen LogP contribution in [-0.2, 0) is 5.41 Å². The Morgan fingerprint density at radius 1 is 0.771 bits per heavy atom. The average Bonchev–Trinajstić information content (AvgIpc) is 2.88. The highest BCUT2D eigenvalue weighted by Gasteiger charge is 2.59. The van der Waals surface area contributed by atoms with Crippen molar-refractivity contribution in [3.63, 3.8) is 0 Å². The van der Waals surface area contributed by atoms with Gasteiger partial charge in [0.15, 0.2) is 17.9 Å². The van der Waals surface area contributed by atoms with Crippen LogP contribution in [0.1, 0.15) is 51.9 Å². The summed E-state index contributed by atoms with van der Waals surface area (Å²) in [6.07, 6.45) is 3.22. The van der Waals surface area contributed by atoms with Crippen LogP contribution in [0.4, 0.5) is 0 Å². The van der Waals surface area contributed by atoms with Gasteiger partial charge in [0, 0.05) is 29.5 Å². The molecule has 7 rings (SSSR count). The van der Waals surface area contributed by atoms with Crippen molar-refractivity contribution in [2.75, 3.05) is 0 Å². The first kappa shape index (κ1) is 23.2. The molecular weight excluding hydrogens is 464 g/mol. The van der Waals surface area contributed by atoms with Crippen molar-refractivity contribution in [3.8, 4) is 6.07 Å². The van der Waals surface area contributed by atoms with Gasteiger partial charge in [-0.15, -0.1) is 10.2 Å². The van der Waals surface area contributed by atoms with Crippen LogP contribution >= 0.6 is 0 Å². The Balaban J connectivity index is 0.000000464. The number of pyridine rings is 1. The standard InChI is InChI=1S/C28H21N2.ClHO4/c29-19-20-14-15-23-24(17-20)27-25-13-7-8-16-30(25)26(23)18-28(27,21-9-3-1-4-10-21)22-11-5-2-6-12-22;2-1(3,4)5/h1-17,26-27H,18H2;(H,2,3,4,5)/q+1;/p-1. The van der Waals surface area contributed by atoms with E-state index in [9.17, 15) is 5.26 Å². The molecule has 0 N–H and O–H groups in total. The first-order valence-corrected chi connectivity index (χ1v) is 12.3. The molecule has 3 aliphatic rings. The predicted octanol–water partition coefficient (Wildman–Crippen LogP) is 0.514. The minimum absolute atomic E-state index is 0.150. The van der Waals surface area contributed by atoms with Crippen LogP contribution in [0.5, 0.6) is 0 Å². The number of fused-ring (bicyclic) bond motifs is 1. The Morgan fingerprint density at radius 2 is 1.34 bits per heavy atom. The first-order valence-electron chi connectivity index (χ1n) is 11.1. The van der Waals surface area contributed by atoms with Crippen molar-refractivity contribution in [3.05, 3.63) is 137 Å². The van der Waals surface area contributed by atoms with Crippen LogP contribution in [-0.4, -0.2) is 0 Å². The summed E-state index contributed by atoms with van der Waals surface area (Å²) in [5, 5.41) is 9.61. The summed E-state index contributed by atoms with van der Waals surface area (Å²) in [7, 11) is -4.94. The Hall–Kier alpha value is -3.57. The molecule has 3 heterocycles. The molecule has 35 heavy (non-hydrogen) atoms. The summed E-state index contributed by atoms with van der Waals surface area (Å²) < 4.78 is 36.4. The molecule has 4 aromatic rings. The molecule has 2 aliphatic heterocycles. The Morgan fingerprint density at radius 3 is 1.91 bits per heavy atom. The molecule has 1 aromatic heterocycles. The lowest BCUT2D eigenvalue weighted by Gasteiger charge is -2.50. The lowest BCUT2D eigenvalue weighted by atomic mass is 9.53. The van der Waals surface area contributed by atoms with Gasteiger partial charge in [-0.25, -0.2) is 18.6 Å². The summed E-state index contributed by atoms with van der Waals surface area (Å²) in [6.45, 7) is 0. The van der Waals surface area contributed by atoms with E-state index in [1.807, 2.05) is 6.07 Å². The number of halogens is 1. The second-order valence-corrected chi connectivity index (χ2v) is 9.48. The lowest BCUT2D eigenvalue weighted by molar-refractivity contribution is -2.00. The average molecular weight is 485 g/mol. The second kappa shape index (κ2) is 8.90. The Bertz CT molecular complexity index is 1350. The summed E-state index contributed by atoms with van der Waals surface area (Å²) in [5.41, 5.74) is 7.22. The number of aromatic nitrogens is 1. The van der Waals surface area contributed by atoms with Gasteiger partial charge in [0.25, 0.3) is 0 Å². The molecule has 2 unspecified atom stereocenters. The third kappa shape index (κ3) is 4.10. The van der Waals surface area contributed by atoms with E-state index >= 15 is 0 Å². The van der Waals surface area contributed by atoms with Crippen LogP contribution in [0.15, 0.2) is 103 Å². The third-order valence-electron chi connectivity index (χ3n) is 7.03. The molecule has 3 aromatic carbocycles. The van der Waals surface area contributed by atoms with E-state index in [0.29, 0.717) is 0 Å². The van der Waals surface area contributed by atoms with Gasteiger partial charge in [-0.3, -0.25) is 0 Å². The maximum Gasteiger partial charge on any atom is 0.190 e. The smallest absolute Gasteiger partial charge is 0.190 e. The lowest BCUT2D eigenvalue weighted by Crippen LogP contribution is -2.68. The van der Waals surface area contributed by atoms with Crippen molar-refractivity contribution < 1.29 is 33.4 Å². The Labute approximate surface area is 205 Å². The molecule has 2 bridgehead atoms. The van der Waals surface area contributed by atoms with Gasteiger partial charge in [0.05, 0.1) is 17.6 Å². The van der Waals surface area contributed by atoms with E-state index in [4.69, 9.17) is 18.6 Å². The van der Waals surface area contributed by atoms with Gasteiger partial charge >= 0.3 is 0 Å². The number of hydrogen-bond donors (Lipinski definition) is 0. The van der Waals surface area contributed by atoms with E-state index in [0.717, 1.165) is 12.0 Å². The van der Waals surface area contributed by atoms with E-state index in [2.05, 4.69) is 108 Å². The number of nitriles is 1. The molecule has 6 nitrogen and oxygen atoms in total. The van der Waals surface area contributed by atoms with Gasteiger partial charge in [-0.1, -0.05) is 72.8 Å². The van der Waals surface area contributed by atoms with Gasteiger partial charge in [-0.05, 0) is 28.8 Å². The molecule has 0 radical (unpaired) electrons. The van der Waals surface area contributed by atoms with Gasteiger partial charge < -0.3 is 0 Å². The van der Waals surface area contributed by atoms with Crippen molar-refractivity contribution in [2.45, 2.75) is 23.8 Å². The van der Waals surface area contributed by atoms with Crippen LogP contribution < -0.4 is 23.2 Å². The highest BCUT2D eigenvalue weighted by Crippen LogP contribution is 2.59. The van der Waals surface area contributed by atoms with Gasteiger partial charge in [-0.2, -0.15) is 9.83 Å². The van der Waals surface area contributed by atoms with Gasteiger partial charge in [0.1, 0.15) is 0 Å². The number of nitrogens with zero attached hydrogens (tertiary/aromatic N) is 2. The first-order chi connectivity index (χ1) is 16.8. The number of hydrogen-bond acceptors (Lipinski definition) is 5. The fourth-order valence-electron chi connectivity index (χ4n) is 5.86. The molecule has 1 aliphatic carbocycles. The molecule has 0 amide bonds. The van der Waals surface area contributed by atoms with Crippen molar-refractivity contribution in [1.82, 2.24) is 0 Å². The predicted molar refractivity (Wildman–Crippen MR) is 116 cm³/mol. The number of benzene rings is 3. The second-order valence-electron chi connectivity index (χ2n) is 8.72. The van der Waals surface area contributed by atoms with Crippen molar-refractivity contribution >= 4 is 0 Å². The molecule has 0 spiro atoms. The molecule has 174 valence electrons. The van der Waals surface area contributed by atoms with E-state index in [1.54, 1.807) is 0 Å². The number of rotatable bonds is 2. The van der Waals surface area contributed by atoms with Crippen LogP contribution in [0.3, 0.4) is 0 Å². The molecule has 2 atom stereocenters.